The molecule has 168 valence electrons. The van der Waals surface area contributed by atoms with Crippen LogP contribution in [0.25, 0.3) is 10.6 Å². The molecule has 1 saturated carbocycles. The Morgan fingerprint density at radius 3 is 2.72 bits per heavy atom. The smallest absolute Gasteiger partial charge is 0.226 e. The average Bonchev–Trinajstić information content (AvgIpc) is 3.50. The Kier molecular flexibility index (Phi) is 7.21. The monoisotopic (exact) mass is 453 g/mol. The Balaban J connectivity index is 1.32. The predicted molar refractivity (Wildman–Crippen MR) is 123 cm³/mol. The number of pyridine rings is 1. The number of hydrogen-bond acceptors (Lipinski definition) is 7. The van der Waals surface area contributed by atoms with Crippen molar-refractivity contribution in [1.82, 2.24) is 15.3 Å². The van der Waals surface area contributed by atoms with Crippen LogP contribution in [0, 0.1) is 0 Å². The van der Waals surface area contributed by atoms with Crippen molar-refractivity contribution < 1.29 is 19.0 Å². The second-order valence-electron chi connectivity index (χ2n) is 7.69. The normalized spacial score (nSPS) is 13.7. The molecule has 1 aliphatic carbocycles. The number of benzene rings is 1. The van der Waals surface area contributed by atoms with Gasteiger partial charge in [0.05, 0.1) is 26.3 Å². The lowest BCUT2D eigenvalue weighted by molar-refractivity contribution is -0.120. The summed E-state index contributed by atoms with van der Waals surface area (Å²) in [4.78, 5) is 21.4. The highest BCUT2D eigenvalue weighted by Crippen LogP contribution is 2.33. The van der Waals surface area contributed by atoms with Gasteiger partial charge >= 0.3 is 0 Å². The summed E-state index contributed by atoms with van der Waals surface area (Å²) in [6, 6.07) is 9.45. The minimum absolute atomic E-state index is 0.0794. The Hall–Kier alpha value is -3.13. The third-order valence-electron chi connectivity index (χ3n) is 5.40. The molecule has 1 aliphatic rings. The van der Waals surface area contributed by atoms with Crippen molar-refractivity contribution in [2.45, 2.75) is 44.8 Å². The first-order valence-electron chi connectivity index (χ1n) is 10.7. The van der Waals surface area contributed by atoms with Crippen LogP contribution in [-0.2, 0) is 17.8 Å². The minimum Gasteiger partial charge on any atom is -0.493 e. The summed E-state index contributed by atoms with van der Waals surface area (Å²) in [5.74, 6) is 1.86. The lowest BCUT2D eigenvalue weighted by Crippen LogP contribution is -2.24. The third kappa shape index (κ3) is 5.56. The molecule has 2 heterocycles. The lowest BCUT2D eigenvalue weighted by atomic mass is 10.2. The van der Waals surface area contributed by atoms with Crippen LogP contribution in [0.4, 0.5) is 0 Å². The van der Waals surface area contributed by atoms with Gasteiger partial charge in [-0.1, -0.05) is 0 Å². The lowest BCUT2D eigenvalue weighted by Gasteiger charge is -2.12. The highest BCUT2D eigenvalue weighted by atomic mass is 32.1. The van der Waals surface area contributed by atoms with Gasteiger partial charge in [-0.2, -0.15) is 0 Å². The van der Waals surface area contributed by atoms with Crippen LogP contribution in [0.5, 0.6) is 17.4 Å². The molecule has 7 nitrogen and oxygen atoms in total. The maximum atomic E-state index is 12.4. The summed E-state index contributed by atoms with van der Waals surface area (Å²) >= 11 is 1.50. The second kappa shape index (κ2) is 10.5. The Labute approximate surface area is 191 Å². The first-order chi connectivity index (χ1) is 15.6. The molecule has 8 heteroatoms. The van der Waals surface area contributed by atoms with Crippen LogP contribution in [0.2, 0.25) is 0 Å². The fourth-order valence-corrected chi connectivity index (χ4v) is 4.54. The number of rotatable bonds is 9. The van der Waals surface area contributed by atoms with E-state index in [0.717, 1.165) is 34.7 Å². The molecule has 0 bridgehead atoms. The number of aromatic nitrogens is 2. The van der Waals surface area contributed by atoms with Gasteiger partial charge < -0.3 is 19.5 Å². The molecule has 0 radical (unpaired) electrons. The van der Waals surface area contributed by atoms with E-state index in [1.807, 2.05) is 35.7 Å². The molecule has 1 N–H and O–H groups in total. The maximum absolute atomic E-state index is 12.4. The van der Waals surface area contributed by atoms with Crippen LogP contribution in [0.3, 0.4) is 0 Å². The Bertz CT molecular complexity index is 1060. The SMILES string of the molecule is COc1ccc(-c2nc(CC(=O)NCc3ccnc(OC4CCCC4)c3)cs2)cc1OC. The summed E-state index contributed by atoms with van der Waals surface area (Å²) in [5, 5.41) is 5.69. The van der Waals surface area contributed by atoms with Gasteiger partial charge in [-0.05, 0) is 55.5 Å². The Morgan fingerprint density at radius 1 is 1.12 bits per heavy atom. The molecule has 32 heavy (non-hydrogen) atoms. The quantitative estimate of drug-likeness (QED) is 0.517. The second-order valence-corrected chi connectivity index (χ2v) is 8.55. The van der Waals surface area contributed by atoms with Crippen LogP contribution in [-0.4, -0.2) is 36.2 Å². The zero-order valence-electron chi connectivity index (χ0n) is 18.3. The van der Waals surface area contributed by atoms with Gasteiger partial charge in [0.25, 0.3) is 0 Å². The number of carbonyl (C=O) groups is 1. The number of ether oxygens (including phenoxy) is 3. The molecule has 0 spiro atoms. The van der Waals surface area contributed by atoms with E-state index in [4.69, 9.17) is 14.2 Å². The van der Waals surface area contributed by atoms with Crippen molar-refractivity contribution in [3.63, 3.8) is 0 Å². The van der Waals surface area contributed by atoms with E-state index in [1.54, 1.807) is 20.4 Å². The van der Waals surface area contributed by atoms with E-state index < -0.39 is 0 Å². The molecular weight excluding hydrogens is 426 g/mol. The van der Waals surface area contributed by atoms with E-state index in [9.17, 15) is 4.79 Å². The topological polar surface area (TPSA) is 82.6 Å². The van der Waals surface area contributed by atoms with E-state index in [0.29, 0.717) is 23.9 Å². The molecule has 0 aliphatic heterocycles. The predicted octanol–water partition coefficient (Wildman–Crippen LogP) is 4.40. The van der Waals surface area contributed by atoms with Crippen LogP contribution in [0.15, 0.2) is 41.9 Å². The number of methoxy groups -OCH3 is 2. The van der Waals surface area contributed by atoms with Gasteiger partial charge in [0.1, 0.15) is 11.1 Å². The van der Waals surface area contributed by atoms with Crippen LogP contribution < -0.4 is 19.5 Å². The molecular formula is C24H27N3O4S. The highest BCUT2D eigenvalue weighted by molar-refractivity contribution is 7.13. The summed E-state index contributed by atoms with van der Waals surface area (Å²) < 4.78 is 16.6. The maximum Gasteiger partial charge on any atom is 0.226 e. The molecule has 0 saturated heterocycles. The summed E-state index contributed by atoms with van der Waals surface area (Å²) in [6.07, 6.45) is 6.80. The molecule has 1 amide bonds. The molecule has 3 aromatic rings. The number of thiazole rings is 1. The molecule has 1 aromatic carbocycles. The summed E-state index contributed by atoms with van der Waals surface area (Å²) in [7, 11) is 3.21. The van der Waals surface area contributed by atoms with Gasteiger partial charge in [0, 0.05) is 29.8 Å². The summed E-state index contributed by atoms with van der Waals surface area (Å²) in [6.45, 7) is 0.426. The van der Waals surface area contributed by atoms with Crippen molar-refractivity contribution in [3.05, 3.63) is 53.2 Å². The number of nitrogens with one attached hydrogen (secondary N) is 1. The molecule has 1 fully saturated rings. The average molecular weight is 454 g/mol. The van der Waals surface area contributed by atoms with Gasteiger partial charge in [-0.15, -0.1) is 11.3 Å². The number of carbonyl (C=O) groups excluding carboxylic acids is 1. The van der Waals surface area contributed by atoms with Gasteiger partial charge in [0.2, 0.25) is 11.8 Å². The van der Waals surface area contributed by atoms with E-state index in [1.165, 1.54) is 24.2 Å². The highest BCUT2D eigenvalue weighted by Gasteiger charge is 2.17. The van der Waals surface area contributed by atoms with E-state index in [2.05, 4.69) is 15.3 Å². The number of hydrogen-bond donors (Lipinski definition) is 1. The number of nitrogens with zero attached hydrogens (tertiary/aromatic N) is 2. The van der Waals surface area contributed by atoms with Crippen molar-refractivity contribution in [2.75, 3.05) is 14.2 Å². The summed E-state index contributed by atoms with van der Waals surface area (Å²) in [5.41, 5.74) is 2.62. The van der Waals surface area contributed by atoms with Crippen molar-refractivity contribution in [2.24, 2.45) is 0 Å². The fraction of sp³-hybridized carbons (Fsp3) is 0.375. The van der Waals surface area contributed by atoms with E-state index >= 15 is 0 Å². The van der Waals surface area contributed by atoms with Crippen LogP contribution in [0.1, 0.15) is 36.9 Å². The standard InChI is InChI=1S/C24H27N3O4S/c1-29-20-8-7-17(12-21(20)30-2)24-27-18(15-32-24)13-22(28)26-14-16-9-10-25-23(11-16)31-19-5-3-4-6-19/h7-12,15,19H,3-6,13-14H2,1-2H3,(H,26,28). The van der Waals surface area contributed by atoms with E-state index in [-0.39, 0.29) is 18.4 Å². The first kappa shape index (κ1) is 22.1. The van der Waals surface area contributed by atoms with Gasteiger partial charge in [-0.3, -0.25) is 4.79 Å². The first-order valence-corrected chi connectivity index (χ1v) is 11.6. The van der Waals surface area contributed by atoms with Gasteiger partial charge in [0.15, 0.2) is 11.5 Å². The van der Waals surface area contributed by atoms with Crippen molar-refractivity contribution >= 4 is 17.2 Å². The molecule has 4 rings (SSSR count). The van der Waals surface area contributed by atoms with Gasteiger partial charge in [-0.25, -0.2) is 9.97 Å². The zero-order valence-corrected chi connectivity index (χ0v) is 19.1. The molecule has 2 aromatic heterocycles. The number of amides is 1. The van der Waals surface area contributed by atoms with Crippen molar-refractivity contribution in [3.8, 4) is 28.0 Å². The Morgan fingerprint density at radius 2 is 1.94 bits per heavy atom. The molecule has 0 unspecified atom stereocenters. The zero-order chi connectivity index (χ0) is 22.3. The van der Waals surface area contributed by atoms with Crippen molar-refractivity contribution in [1.29, 1.82) is 0 Å². The third-order valence-corrected chi connectivity index (χ3v) is 6.34. The van der Waals surface area contributed by atoms with Crippen LogP contribution >= 0.6 is 11.3 Å². The largest absolute Gasteiger partial charge is 0.493 e. The fourth-order valence-electron chi connectivity index (χ4n) is 3.72. The molecule has 0 atom stereocenters. The minimum atomic E-state index is -0.0794.